The quantitative estimate of drug-likeness (QED) is 0.448. The molecule has 6 nitrogen and oxygen atoms in total. The van der Waals surface area contributed by atoms with E-state index >= 15 is 0 Å². The van der Waals surface area contributed by atoms with E-state index in [9.17, 15) is 10.1 Å². The molecule has 1 aliphatic heterocycles. The molecule has 2 rings (SSSR count). The van der Waals surface area contributed by atoms with Crippen molar-refractivity contribution in [2.24, 2.45) is 5.92 Å². The van der Waals surface area contributed by atoms with Gasteiger partial charge in [-0.15, -0.1) is 0 Å². The van der Waals surface area contributed by atoms with Crippen LogP contribution in [0.15, 0.2) is 24.3 Å². The van der Waals surface area contributed by atoms with Crippen LogP contribution in [0.25, 0.3) is 0 Å². The zero-order valence-corrected chi connectivity index (χ0v) is 11.4. The van der Waals surface area contributed by atoms with Crippen molar-refractivity contribution >= 4 is 5.69 Å². The maximum Gasteiger partial charge on any atom is 0.269 e. The van der Waals surface area contributed by atoms with Crippen LogP contribution >= 0.6 is 0 Å². The fourth-order valence-electron chi connectivity index (χ4n) is 2.15. The number of nitro benzene ring substituents is 1. The lowest BCUT2D eigenvalue weighted by atomic mass is 10.1. The Morgan fingerprint density at radius 3 is 2.80 bits per heavy atom. The number of nitrogens with zero attached hydrogens (tertiary/aromatic N) is 1. The van der Waals surface area contributed by atoms with Crippen LogP contribution < -0.4 is 10.1 Å². The third-order valence-corrected chi connectivity index (χ3v) is 3.35. The Kier molecular flexibility index (Phi) is 5.76. The van der Waals surface area contributed by atoms with Crippen LogP contribution in [-0.2, 0) is 4.74 Å². The molecule has 20 heavy (non-hydrogen) atoms. The van der Waals surface area contributed by atoms with Crippen LogP contribution in [0.2, 0.25) is 0 Å². The first-order chi connectivity index (χ1) is 9.75. The molecule has 1 heterocycles. The Labute approximate surface area is 118 Å². The van der Waals surface area contributed by atoms with E-state index in [1.165, 1.54) is 18.6 Å². The topological polar surface area (TPSA) is 73.6 Å². The average Bonchev–Trinajstić information content (AvgIpc) is 2.96. The zero-order chi connectivity index (χ0) is 14.2. The highest BCUT2D eigenvalue weighted by molar-refractivity contribution is 5.35. The number of hydrogen-bond acceptors (Lipinski definition) is 5. The van der Waals surface area contributed by atoms with E-state index in [1.54, 1.807) is 12.1 Å². The highest BCUT2D eigenvalue weighted by Crippen LogP contribution is 2.17. The molecule has 1 fully saturated rings. The second-order valence-electron chi connectivity index (χ2n) is 4.87. The van der Waals surface area contributed by atoms with Crippen LogP contribution in [0.1, 0.15) is 12.8 Å². The number of hydrogen-bond donors (Lipinski definition) is 1. The summed E-state index contributed by atoms with van der Waals surface area (Å²) in [7, 11) is 0. The van der Waals surface area contributed by atoms with Gasteiger partial charge in [-0.2, -0.15) is 0 Å². The molecule has 0 aliphatic carbocycles. The van der Waals surface area contributed by atoms with E-state index in [1.807, 2.05) is 0 Å². The standard InChI is InChI=1S/C14H20N2O4/c17-16(18)13-1-3-14(4-2-13)20-10-8-15-7-5-12-6-9-19-11-12/h1-4,12,15H,5-11H2. The van der Waals surface area contributed by atoms with Gasteiger partial charge in [0.1, 0.15) is 12.4 Å². The second-order valence-corrected chi connectivity index (χ2v) is 4.87. The van der Waals surface area contributed by atoms with E-state index in [4.69, 9.17) is 9.47 Å². The van der Waals surface area contributed by atoms with Gasteiger partial charge in [0.15, 0.2) is 0 Å². The monoisotopic (exact) mass is 280 g/mol. The fourth-order valence-corrected chi connectivity index (χ4v) is 2.15. The molecule has 0 radical (unpaired) electrons. The number of rotatable bonds is 8. The normalized spacial score (nSPS) is 18.1. The van der Waals surface area contributed by atoms with E-state index < -0.39 is 4.92 Å². The Morgan fingerprint density at radius 2 is 2.15 bits per heavy atom. The number of nitro groups is 1. The van der Waals surface area contributed by atoms with Gasteiger partial charge >= 0.3 is 0 Å². The van der Waals surface area contributed by atoms with Crippen molar-refractivity contribution in [3.8, 4) is 5.75 Å². The first kappa shape index (κ1) is 14.7. The van der Waals surface area contributed by atoms with Crippen LogP contribution in [0.3, 0.4) is 0 Å². The van der Waals surface area contributed by atoms with Gasteiger partial charge in [-0.1, -0.05) is 0 Å². The molecule has 0 saturated carbocycles. The van der Waals surface area contributed by atoms with Crippen molar-refractivity contribution in [2.75, 3.05) is 32.9 Å². The summed E-state index contributed by atoms with van der Waals surface area (Å²) in [6, 6.07) is 6.13. The molecule has 0 bridgehead atoms. The summed E-state index contributed by atoms with van der Waals surface area (Å²) >= 11 is 0. The summed E-state index contributed by atoms with van der Waals surface area (Å²) in [6.45, 7) is 4.08. The van der Waals surface area contributed by atoms with Gasteiger partial charge in [-0.3, -0.25) is 10.1 Å². The van der Waals surface area contributed by atoms with Crippen molar-refractivity contribution < 1.29 is 14.4 Å². The van der Waals surface area contributed by atoms with E-state index in [0.717, 1.165) is 32.7 Å². The first-order valence-corrected chi connectivity index (χ1v) is 6.91. The predicted octanol–water partition coefficient (Wildman–Crippen LogP) is 1.99. The summed E-state index contributed by atoms with van der Waals surface area (Å²) in [6.07, 6.45) is 2.30. The van der Waals surface area contributed by atoms with Gasteiger partial charge < -0.3 is 14.8 Å². The van der Waals surface area contributed by atoms with Crippen molar-refractivity contribution in [1.29, 1.82) is 0 Å². The predicted molar refractivity (Wildman–Crippen MR) is 75.0 cm³/mol. The lowest BCUT2D eigenvalue weighted by Gasteiger charge is -2.09. The second kappa shape index (κ2) is 7.81. The van der Waals surface area contributed by atoms with Crippen molar-refractivity contribution in [2.45, 2.75) is 12.8 Å². The summed E-state index contributed by atoms with van der Waals surface area (Å²) < 4.78 is 10.8. The third kappa shape index (κ3) is 4.79. The van der Waals surface area contributed by atoms with Crippen LogP contribution in [0.4, 0.5) is 5.69 Å². The molecular weight excluding hydrogens is 260 g/mol. The van der Waals surface area contributed by atoms with Gasteiger partial charge in [0.2, 0.25) is 0 Å². The van der Waals surface area contributed by atoms with Gasteiger partial charge in [0.05, 0.1) is 4.92 Å². The van der Waals surface area contributed by atoms with Gasteiger partial charge in [-0.25, -0.2) is 0 Å². The van der Waals surface area contributed by atoms with Gasteiger partial charge in [-0.05, 0) is 37.4 Å². The lowest BCUT2D eigenvalue weighted by molar-refractivity contribution is -0.384. The molecule has 1 aliphatic rings. The highest BCUT2D eigenvalue weighted by atomic mass is 16.6. The summed E-state index contributed by atoms with van der Waals surface area (Å²) in [5, 5.41) is 13.8. The fraction of sp³-hybridized carbons (Fsp3) is 0.571. The molecule has 0 spiro atoms. The Morgan fingerprint density at radius 1 is 1.35 bits per heavy atom. The molecule has 1 aromatic carbocycles. The number of benzene rings is 1. The molecule has 6 heteroatoms. The lowest BCUT2D eigenvalue weighted by Crippen LogP contribution is -2.23. The molecule has 1 aromatic rings. The van der Waals surface area contributed by atoms with Crippen LogP contribution in [-0.4, -0.2) is 37.8 Å². The van der Waals surface area contributed by atoms with Gasteiger partial charge in [0, 0.05) is 31.9 Å². The Balaban J connectivity index is 1.55. The minimum atomic E-state index is -0.419. The molecule has 0 aromatic heterocycles. The molecule has 110 valence electrons. The first-order valence-electron chi connectivity index (χ1n) is 6.91. The van der Waals surface area contributed by atoms with E-state index in [-0.39, 0.29) is 5.69 Å². The summed E-state index contributed by atoms with van der Waals surface area (Å²) in [4.78, 5) is 10.1. The summed E-state index contributed by atoms with van der Waals surface area (Å²) in [5.74, 6) is 1.35. The molecule has 1 N–H and O–H groups in total. The SMILES string of the molecule is O=[N+]([O-])c1ccc(OCCNCCC2CCOC2)cc1. The third-order valence-electron chi connectivity index (χ3n) is 3.35. The van der Waals surface area contributed by atoms with E-state index in [2.05, 4.69) is 5.32 Å². The average molecular weight is 280 g/mol. The Hall–Kier alpha value is -1.66. The van der Waals surface area contributed by atoms with Gasteiger partial charge in [0.25, 0.3) is 5.69 Å². The van der Waals surface area contributed by atoms with Crippen molar-refractivity contribution in [1.82, 2.24) is 5.32 Å². The van der Waals surface area contributed by atoms with Crippen molar-refractivity contribution in [3.05, 3.63) is 34.4 Å². The molecule has 0 amide bonds. The largest absolute Gasteiger partial charge is 0.492 e. The maximum absolute atomic E-state index is 10.5. The minimum Gasteiger partial charge on any atom is -0.492 e. The zero-order valence-electron chi connectivity index (χ0n) is 11.4. The van der Waals surface area contributed by atoms with Crippen LogP contribution in [0.5, 0.6) is 5.75 Å². The molecular formula is C14H20N2O4. The van der Waals surface area contributed by atoms with E-state index in [0.29, 0.717) is 18.3 Å². The highest BCUT2D eigenvalue weighted by Gasteiger charge is 2.14. The number of non-ortho nitro benzene ring substituents is 1. The number of ether oxygens (including phenoxy) is 2. The van der Waals surface area contributed by atoms with Crippen LogP contribution in [0, 0.1) is 16.0 Å². The molecule has 1 atom stereocenters. The number of nitrogens with one attached hydrogen (secondary N) is 1. The minimum absolute atomic E-state index is 0.0780. The maximum atomic E-state index is 10.5. The smallest absolute Gasteiger partial charge is 0.269 e. The molecule has 1 saturated heterocycles. The Bertz CT molecular complexity index is 416. The summed E-state index contributed by atoms with van der Waals surface area (Å²) in [5.41, 5.74) is 0.0780. The molecule has 1 unspecified atom stereocenters. The van der Waals surface area contributed by atoms with Crippen molar-refractivity contribution in [3.63, 3.8) is 0 Å².